The zero-order chi connectivity index (χ0) is 15.2. The predicted octanol–water partition coefficient (Wildman–Crippen LogP) is 0.863. The van der Waals surface area contributed by atoms with Crippen LogP contribution in [0.25, 0.3) is 0 Å². The molecule has 114 valence electrons. The zero-order valence-electron chi connectivity index (χ0n) is 12.3. The van der Waals surface area contributed by atoms with Crippen LogP contribution < -0.4 is 16.4 Å². The number of carbonyl (C=O) groups excluding carboxylic acids is 2. The van der Waals surface area contributed by atoms with Gasteiger partial charge in [0.15, 0.2) is 0 Å². The van der Waals surface area contributed by atoms with Gasteiger partial charge in [0.2, 0.25) is 5.91 Å². The van der Waals surface area contributed by atoms with Gasteiger partial charge in [-0.05, 0) is 30.0 Å². The van der Waals surface area contributed by atoms with Crippen molar-refractivity contribution in [1.82, 2.24) is 15.5 Å². The van der Waals surface area contributed by atoms with Crippen molar-refractivity contribution in [3.63, 3.8) is 0 Å². The number of carbonyl (C=O) groups is 2. The first-order chi connectivity index (χ1) is 10.1. The molecule has 2 rings (SSSR count). The van der Waals surface area contributed by atoms with Crippen molar-refractivity contribution < 1.29 is 9.59 Å². The van der Waals surface area contributed by atoms with Crippen LogP contribution in [0.2, 0.25) is 0 Å². The van der Waals surface area contributed by atoms with Gasteiger partial charge in [0.25, 0.3) is 0 Å². The van der Waals surface area contributed by atoms with Crippen LogP contribution in [0, 0.1) is 0 Å². The molecule has 4 N–H and O–H groups in total. The van der Waals surface area contributed by atoms with Crippen LogP contribution in [0.4, 0.5) is 10.5 Å². The van der Waals surface area contributed by atoms with Crippen LogP contribution >= 0.6 is 0 Å². The molecule has 0 bridgehead atoms. The van der Waals surface area contributed by atoms with E-state index in [4.69, 9.17) is 5.73 Å². The van der Waals surface area contributed by atoms with E-state index in [9.17, 15) is 9.59 Å². The third-order valence-corrected chi connectivity index (χ3v) is 3.54. The number of anilines is 1. The van der Waals surface area contributed by atoms with Gasteiger partial charge in [-0.3, -0.25) is 15.0 Å². The van der Waals surface area contributed by atoms with Gasteiger partial charge < -0.3 is 11.1 Å². The maximum Gasteiger partial charge on any atom is 0.321 e. The van der Waals surface area contributed by atoms with Gasteiger partial charge in [-0.25, -0.2) is 4.79 Å². The second-order valence-electron chi connectivity index (χ2n) is 5.25. The van der Waals surface area contributed by atoms with E-state index in [-0.39, 0.29) is 12.5 Å². The average Bonchev–Trinajstić information content (AvgIpc) is 2.45. The maximum atomic E-state index is 11.8. The molecule has 1 aromatic carbocycles. The highest BCUT2D eigenvalue weighted by Crippen LogP contribution is 2.23. The monoisotopic (exact) mass is 290 g/mol. The Labute approximate surface area is 124 Å². The minimum atomic E-state index is -0.427. The number of hydrogen-bond acceptors (Lipinski definition) is 4. The predicted molar refractivity (Wildman–Crippen MR) is 81.7 cm³/mol. The van der Waals surface area contributed by atoms with Crippen molar-refractivity contribution in [2.45, 2.75) is 26.3 Å². The Morgan fingerprint density at radius 3 is 2.95 bits per heavy atom. The van der Waals surface area contributed by atoms with Crippen LogP contribution in [0.15, 0.2) is 18.2 Å². The molecule has 0 atom stereocenters. The van der Waals surface area contributed by atoms with Crippen LogP contribution in [0.1, 0.15) is 24.5 Å². The SMILES string of the molecule is CCCNC(=O)NC(=O)CN1CCc2c(N)cccc2C1. The quantitative estimate of drug-likeness (QED) is 0.718. The third kappa shape index (κ3) is 4.19. The molecule has 6 heteroatoms. The molecule has 1 aromatic rings. The summed E-state index contributed by atoms with van der Waals surface area (Å²) in [6.45, 7) is 4.19. The van der Waals surface area contributed by atoms with Crippen LogP contribution in [0.3, 0.4) is 0 Å². The Kier molecular flexibility index (Phi) is 5.16. The standard InChI is InChI=1S/C15H22N4O2/c1-2-7-17-15(21)18-14(20)10-19-8-6-12-11(9-19)4-3-5-13(12)16/h3-5H,2,6-10,16H2,1H3,(H2,17,18,20,21). The summed E-state index contributed by atoms with van der Waals surface area (Å²) in [5.41, 5.74) is 9.10. The molecule has 3 amide bonds. The van der Waals surface area contributed by atoms with Crippen molar-refractivity contribution in [1.29, 1.82) is 0 Å². The first-order valence-electron chi connectivity index (χ1n) is 7.26. The lowest BCUT2D eigenvalue weighted by molar-refractivity contribution is -0.121. The fraction of sp³-hybridized carbons (Fsp3) is 0.467. The Bertz CT molecular complexity index is 530. The Morgan fingerprint density at radius 2 is 2.19 bits per heavy atom. The topological polar surface area (TPSA) is 87.5 Å². The number of hydrogen-bond donors (Lipinski definition) is 3. The van der Waals surface area contributed by atoms with E-state index in [1.165, 1.54) is 5.56 Å². The second-order valence-corrected chi connectivity index (χ2v) is 5.25. The Morgan fingerprint density at radius 1 is 1.38 bits per heavy atom. The van der Waals surface area contributed by atoms with E-state index >= 15 is 0 Å². The molecular weight excluding hydrogens is 268 g/mol. The summed E-state index contributed by atoms with van der Waals surface area (Å²) in [6, 6.07) is 5.43. The molecule has 1 aliphatic heterocycles. The number of benzene rings is 1. The molecule has 1 heterocycles. The highest BCUT2D eigenvalue weighted by atomic mass is 16.2. The highest BCUT2D eigenvalue weighted by Gasteiger charge is 2.20. The molecule has 0 unspecified atom stereocenters. The summed E-state index contributed by atoms with van der Waals surface area (Å²) in [5.74, 6) is -0.282. The van der Waals surface area contributed by atoms with Crippen molar-refractivity contribution in [3.05, 3.63) is 29.3 Å². The molecule has 0 saturated carbocycles. The number of fused-ring (bicyclic) bond motifs is 1. The third-order valence-electron chi connectivity index (χ3n) is 3.54. The van der Waals surface area contributed by atoms with Gasteiger partial charge in [0.1, 0.15) is 0 Å². The highest BCUT2D eigenvalue weighted by molar-refractivity contribution is 5.95. The number of nitrogens with one attached hydrogen (secondary N) is 2. The van der Waals surface area contributed by atoms with Crippen LogP contribution in [-0.4, -0.2) is 36.5 Å². The molecule has 0 saturated heterocycles. The van der Waals surface area contributed by atoms with Crippen LogP contribution in [-0.2, 0) is 17.8 Å². The largest absolute Gasteiger partial charge is 0.398 e. The van der Waals surface area contributed by atoms with Gasteiger partial charge in [-0.1, -0.05) is 19.1 Å². The molecule has 0 aromatic heterocycles. The second kappa shape index (κ2) is 7.08. The van der Waals surface area contributed by atoms with Gasteiger partial charge in [0, 0.05) is 25.3 Å². The number of nitrogen functional groups attached to an aromatic ring is 1. The summed E-state index contributed by atoms with van der Waals surface area (Å²) >= 11 is 0. The van der Waals surface area contributed by atoms with Crippen LogP contribution in [0.5, 0.6) is 0 Å². The molecule has 6 nitrogen and oxygen atoms in total. The fourth-order valence-electron chi connectivity index (χ4n) is 2.48. The number of imide groups is 1. The lowest BCUT2D eigenvalue weighted by Gasteiger charge is -2.28. The van der Waals surface area contributed by atoms with Crippen molar-refractivity contribution in [2.24, 2.45) is 0 Å². The zero-order valence-corrected chi connectivity index (χ0v) is 12.3. The summed E-state index contributed by atoms with van der Waals surface area (Å²) in [4.78, 5) is 25.3. The first-order valence-corrected chi connectivity index (χ1v) is 7.26. The van der Waals surface area contributed by atoms with Crippen molar-refractivity contribution in [2.75, 3.05) is 25.4 Å². The number of amides is 3. The molecule has 0 spiro atoms. The summed E-state index contributed by atoms with van der Waals surface area (Å²) < 4.78 is 0. The van der Waals surface area contributed by atoms with E-state index in [1.807, 2.05) is 30.0 Å². The number of rotatable bonds is 4. The number of nitrogens with two attached hydrogens (primary N) is 1. The van der Waals surface area contributed by atoms with Gasteiger partial charge in [-0.2, -0.15) is 0 Å². The number of urea groups is 1. The molecule has 0 fully saturated rings. The molecule has 21 heavy (non-hydrogen) atoms. The summed E-state index contributed by atoms with van der Waals surface area (Å²) in [5, 5.41) is 4.96. The molecule has 0 aliphatic carbocycles. The summed E-state index contributed by atoms with van der Waals surface area (Å²) in [6.07, 6.45) is 1.67. The Balaban J connectivity index is 1.85. The number of nitrogens with zero attached hydrogens (tertiary/aromatic N) is 1. The smallest absolute Gasteiger partial charge is 0.321 e. The van der Waals surface area contributed by atoms with Crippen molar-refractivity contribution in [3.8, 4) is 0 Å². The van der Waals surface area contributed by atoms with E-state index in [0.717, 1.165) is 30.6 Å². The van der Waals surface area contributed by atoms with Crippen molar-refractivity contribution >= 4 is 17.6 Å². The molecular formula is C15H22N4O2. The Hall–Kier alpha value is -2.08. The fourth-order valence-corrected chi connectivity index (χ4v) is 2.48. The lowest BCUT2D eigenvalue weighted by atomic mass is 9.98. The lowest BCUT2D eigenvalue weighted by Crippen LogP contribution is -2.45. The van der Waals surface area contributed by atoms with Gasteiger partial charge in [-0.15, -0.1) is 0 Å². The minimum Gasteiger partial charge on any atom is -0.398 e. The van der Waals surface area contributed by atoms with E-state index < -0.39 is 6.03 Å². The van der Waals surface area contributed by atoms with E-state index in [0.29, 0.717) is 13.1 Å². The van der Waals surface area contributed by atoms with Gasteiger partial charge >= 0.3 is 6.03 Å². The van der Waals surface area contributed by atoms with E-state index in [2.05, 4.69) is 10.6 Å². The van der Waals surface area contributed by atoms with E-state index in [1.54, 1.807) is 0 Å². The van der Waals surface area contributed by atoms with Gasteiger partial charge in [0.05, 0.1) is 6.54 Å². The summed E-state index contributed by atoms with van der Waals surface area (Å²) in [7, 11) is 0. The first kappa shape index (κ1) is 15.3. The average molecular weight is 290 g/mol. The normalized spacial score (nSPS) is 14.3. The molecule has 1 aliphatic rings. The maximum absolute atomic E-state index is 11.8. The minimum absolute atomic E-state index is 0.216. The molecule has 0 radical (unpaired) electrons.